The van der Waals surface area contributed by atoms with Crippen molar-refractivity contribution >= 4 is 0 Å². The molecule has 0 bridgehead atoms. The van der Waals surface area contributed by atoms with E-state index in [2.05, 4.69) is 19.1 Å². The monoisotopic (exact) mass is 266 g/mol. The van der Waals surface area contributed by atoms with E-state index in [1.807, 2.05) is 0 Å². The molecular weight excluding hydrogens is 232 g/mol. The molecule has 1 saturated carbocycles. The maximum atomic E-state index is 8.70. The molecule has 0 aliphatic heterocycles. The van der Waals surface area contributed by atoms with Crippen LogP contribution in [0.15, 0.2) is 12.2 Å². The smallest absolute Gasteiger partial charge is 0.0433 e. The van der Waals surface area contributed by atoms with Gasteiger partial charge in [-0.1, -0.05) is 70.4 Å². The van der Waals surface area contributed by atoms with E-state index in [0.717, 1.165) is 24.7 Å². The van der Waals surface area contributed by atoms with Gasteiger partial charge in [-0.3, -0.25) is 0 Å². The van der Waals surface area contributed by atoms with Gasteiger partial charge in [-0.15, -0.1) is 0 Å². The molecule has 19 heavy (non-hydrogen) atoms. The average Bonchev–Trinajstić information content (AvgIpc) is 3.16. The van der Waals surface area contributed by atoms with Gasteiger partial charge in [-0.25, -0.2) is 0 Å². The highest BCUT2D eigenvalue weighted by atomic mass is 16.2. The van der Waals surface area contributed by atoms with Crippen molar-refractivity contribution in [2.75, 3.05) is 6.61 Å². The van der Waals surface area contributed by atoms with E-state index in [1.54, 1.807) is 0 Å². The fourth-order valence-electron chi connectivity index (χ4n) is 2.86. The molecule has 0 saturated heterocycles. The fourth-order valence-corrected chi connectivity index (χ4v) is 2.86. The number of unbranched alkanes of at least 4 members (excludes halogenated alkanes) is 8. The van der Waals surface area contributed by atoms with E-state index in [4.69, 9.17) is 5.11 Å². The average molecular weight is 266 g/mol. The molecule has 1 fully saturated rings. The number of aliphatic hydroxyl groups is 1. The van der Waals surface area contributed by atoms with Gasteiger partial charge in [0.15, 0.2) is 0 Å². The van der Waals surface area contributed by atoms with Crippen molar-refractivity contribution in [1.82, 2.24) is 0 Å². The summed E-state index contributed by atoms with van der Waals surface area (Å²) in [6.07, 6.45) is 21.0. The van der Waals surface area contributed by atoms with Crippen molar-refractivity contribution in [3.63, 3.8) is 0 Å². The molecule has 112 valence electrons. The molecule has 1 nitrogen and oxygen atoms in total. The van der Waals surface area contributed by atoms with Gasteiger partial charge >= 0.3 is 0 Å². The largest absolute Gasteiger partial charge is 0.396 e. The predicted octanol–water partition coefficient (Wildman–Crippen LogP) is 5.48. The molecule has 1 rings (SSSR count). The van der Waals surface area contributed by atoms with E-state index in [-0.39, 0.29) is 0 Å². The highest BCUT2D eigenvalue weighted by molar-refractivity contribution is 5.01. The van der Waals surface area contributed by atoms with Crippen molar-refractivity contribution in [3.8, 4) is 0 Å². The maximum absolute atomic E-state index is 8.70. The molecule has 0 aromatic heterocycles. The fraction of sp³-hybridized carbons (Fsp3) is 0.889. The summed E-state index contributed by atoms with van der Waals surface area (Å²) in [6.45, 7) is 2.61. The normalized spacial score (nSPS) is 22.2. The van der Waals surface area contributed by atoms with E-state index in [9.17, 15) is 0 Å². The molecular formula is C18H34O. The first-order valence-electron chi connectivity index (χ1n) is 8.66. The van der Waals surface area contributed by atoms with Crippen molar-refractivity contribution in [2.24, 2.45) is 11.8 Å². The van der Waals surface area contributed by atoms with Crippen molar-refractivity contribution in [3.05, 3.63) is 12.2 Å². The second-order valence-corrected chi connectivity index (χ2v) is 6.22. The van der Waals surface area contributed by atoms with Crippen LogP contribution in [0.25, 0.3) is 0 Å². The van der Waals surface area contributed by atoms with Gasteiger partial charge in [0.25, 0.3) is 0 Å². The Balaban J connectivity index is 1.80. The zero-order chi connectivity index (χ0) is 13.8. The Morgan fingerprint density at radius 2 is 1.63 bits per heavy atom. The van der Waals surface area contributed by atoms with Crippen molar-refractivity contribution in [2.45, 2.75) is 84.0 Å². The lowest BCUT2D eigenvalue weighted by Gasteiger charge is -2.01. The lowest BCUT2D eigenvalue weighted by atomic mass is 10.1. The SMILES string of the molecule is CCCCCCCCCC[C@@H]1C[C@@H]1/C=C/CCCO. The molecule has 0 spiro atoms. The standard InChI is InChI=1S/C18H34O/c1-2-3-4-5-6-7-8-10-13-17-16-18(17)14-11-9-12-15-19/h11,14,17-19H,2-10,12-13,15-16H2,1H3/b14-11+/t17-,18+/m1/s1. The van der Waals surface area contributed by atoms with Crippen LogP contribution in [-0.4, -0.2) is 11.7 Å². The molecule has 0 amide bonds. The van der Waals surface area contributed by atoms with Crippen molar-refractivity contribution in [1.29, 1.82) is 0 Å². The highest BCUT2D eigenvalue weighted by Gasteiger charge is 2.33. The van der Waals surface area contributed by atoms with Gasteiger partial charge in [0.2, 0.25) is 0 Å². The number of rotatable bonds is 13. The summed E-state index contributed by atoms with van der Waals surface area (Å²) in [7, 11) is 0. The van der Waals surface area contributed by atoms with Crippen LogP contribution in [0.3, 0.4) is 0 Å². The summed E-state index contributed by atoms with van der Waals surface area (Å²) in [5.41, 5.74) is 0. The Morgan fingerprint density at radius 1 is 0.947 bits per heavy atom. The van der Waals surface area contributed by atoms with Gasteiger partial charge in [0.05, 0.1) is 0 Å². The van der Waals surface area contributed by atoms with Crippen LogP contribution in [0.2, 0.25) is 0 Å². The summed E-state index contributed by atoms with van der Waals surface area (Å²) < 4.78 is 0. The number of hydrogen-bond donors (Lipinski definition) is 1. The Labute approximate surface area is 120 Å². The Kier molecular flexibility index (Phi) is 10.2. The minimum atomic E-state index is 0.330. The van der Waals surface area contributed by atoms with Crippen LogP contribution in [-0.2, 0) is 0 Å². The van der Waals surface area contributed by atoms with Gasteiger partial charge in [-0.2, -0.15) is 0 Å². The van der Waals surface area contributed by atoms with Crippen LogP contribution < -0.4 is 0 Å². The molecule has 0 radical (unpaired) electrons. The Morgan fingerprint density at radius 3 is 2.32 bits per heavy atom. The molecule has 0 aromatic carbocycles. The number of aliphatic hydroxyl groups excluding tert-OH is 1. The molecule has 1 heteroatoms. The third kappa shape index (κ3) is 9.27. The summed E-state index contributed by atoms with van der Waals surface area (Å²) in [5.74, 6) is 1.87. The highest BCUT2D eigenvalue weighted by Crippen LogP contribution is 2.43. The lowest BCUT2D eigenvalue weighted by Crippen LogP contribution is -1.84. The Bertz CT molecular complexity index is 222. The van der Waals surface area contributed by atoms with E-state index < -0.39 is 0 Å². The third-order valence-electron chi connectivity index (χ3n) is 4.32. The first-order valence-corrected chi connectivity index (χ1v) is 8.66. The molecule has 0 unspecified atom stereocenters. The summed E-state index contributed by atoms with van der Waals surface area (Å²) >= 11 is 0. The molecule has 2 atom stereocenters. The van der Waals surface area contributed by atoms with Gasteiger partial charge < -0.3 is 5.11 Å². The van der Waals surface area contributed by atoms with Crippen molar-refractivity contribution < 1.29 is 5.11 Å². The van der Waals surface area contributed by atoms with E-state index in [0.29, 0.717) is 6.61 Å². The van der Waals surface area contributed by atoms with Gasteiger partial charge in [-0.05, 0) is 37.5 Å². The first-order chi connectivity index (χ1) is 9.38. The van der Waals surface area contributed by atoms with E-state index >= 15 is 0 Å². The topological polar surface area (TPSA) is 20.2 Å². The molecule has 1 aliphatic rings. The summed E-state index contributed by atoms with van der Waals surface area (Å²) in [4.78, 5) is 0. The quantitative estimate of drug-likeness (QED) is 0.345. The van der Waals surface area contributed by atoms with Crippen LogP contribution in [0.1, 0.15) is 84.0 Å². The zero-order valence-electron chi connectivity index (χ0n) is 12.9. The minimum Gasteiger partial charge on any atom is -0.396 e. The van der Waals surface area contributed by atoms with Crippen LogP contribution in [0.5, 0.6) is 0 Å². The minimum absolute atomic E-state index is 0.330. The predicted molar refractivity (Wildman–Crippen MR) is 84.3 cm³/mol. The number of hydrogen-bond acceptors (Lipinski definition) is 1. The Hall–Kier alpha value is -0.300. The molecule has 1 aliphatic carbocycles. The van der Waals surface area contributed by atoms with E-state index in [1.165, 1.54) is 64.2 Å². The second-order valence-electron chi connectivity index (χ2n) is 6.22. The van der Waals surface area contributed by atoms with Crippen LogP contribution in [0.4, 0.5) is 0 Å². The van der Waals surface area contributed by atoms with Gasteiger partial charge in [0, 0.05) is 6.61 Å². The lowest BCUT2D eigenvalue weighted by molar-refractivity contribution is 0.289. The number of allylic oxidation sites excluding steroid dienone is 2. The first kappa shape index (κ1) is 16.8. The maximum Gasteiger partial charge on any atom is 0.0433 e. The second kappa shape index (κ2) is 11.5. The zero-order valence-corrected chi connectivity index (χ0v) is 12.9. The summed E-state index contributed by atoms with van der Waals surface area (Å²) in [6, 6.07) is 0. The third-order valence-corrected chi connectivity index (χ3v) is 4.32. The van der Waals surface area contributed by atoms with Crippen LogP contribution in [0, 0.1) is 11.8 Å². The molecule has 1 N–H and O–H groups in total. The molecule has 0 heterocycles. The van der Waals surface area contributed by atoms with Gasteiger partial charge in [0.1, 0.15) is 0 Å². The van der Waals surface area contributed by atoms with Crippen LogP contribution >= 0.6 is 0 Å². The summed E-state index contributed by atoms with van der Waals surface area (Å²) in [5, 5.41) is 8.70. The molecule has 0 aromatic rings.